The fourth-order valence-electron chi connectivity index (χ4n) is 3.56. The zero-order valence-corrected chi connectivity index (χ0v) is 21.2. The number of hydrogen-bond donors (Lipinski definition) is 2. The molecule has 2 aromatic carbocycles. The molecule has 2 N–H and O–H groups in total. The van der Waals surface area contributed by atoms with Crippen LogP contribution in [-0.2, 0) is 6.54 Å². The number of carbonyl (C=O) groups is 1. The maximum atomic E-state index is 11.6. The third-order valence-corrected chi connectivity index (χ3v) is 4.96. The van der Waals surface area contributed by atoms with Gasteiger partial charge in [-0.15, -0.1) is 10.2 Å². The van der Waals surface area contributed by atoms with Gasteiger partial charge in [0.1, 0.15) is 11.4 Å². The molecule has 0 amide bonds. The Labute approximate surface area is 230 Å². The van der Waals surface area contributed by atoms with E-state index in [0.29, 0.717) is 24.7 Å². The second-order valence-corrected chi connectivity index (χ2v) is 7.08. The Balaban J connectivity index is 0.00000193. The molecule has 9 heteroatoms. The summed E-state index contributed by atoms with van der Waals surface area (Å²) in [5, 5.41) is 23.9. The van der Waals surface area contributed by atoms with Crippen molar-refractivity contribution in [2.24, 2.45) is 0 Å². The Bertz CT molecular complexity index is 1170. The topological polar surface area (TPSA) is 108 Å². The molecule has 8 nitrogen and oxygen atoms in total. The van der Waals surface area contributed by atoms with Gasteiger partial charge < -0.3 is 11.4 Å². The Morgan fingerprint density at radius 3 is 2.47 bits per heavy atom. The van der Waals surface area contributed by atoms with Gasteiger partial charge in [-0.2, -0.15) is 5.21 Å². The molecule has 0 aliphatic heterocycles. The number of aromatic carboxylic acids is 1. The van der Waals surface area contributed by atoms with E-state index in [4.69, 9.17) is 0 Å². The van der Waals surface area contributed by atoms with Crippen molar-refractivity contribution in [3.63, 3.8) is 0 Å². The van der Waals surface area contributed by atoms with Gasteiger partial charge in [0.25, 0.3) is 0 Å². The molecule has 2 heterocycles. The molecular formula is C23H23KN6O2. The van der Waals surface area contributed by atoms with Crippen molar-refractivity contribution in [1.82, 2.24) is 25.6 Å². The van der Waals surface area contributed by atoms with E-state index in [1.807, 2.05) is 41.3 Å². The van der Waals surface area contributed by atoms with Crippen molar-refractivity contribution in [3.8, 4) is 22.5 Å². The zero-order valence-electron chi connectivity index (χ0n) is 19.1. The first-order valence-electron chi connectivity index (χ1n) is 10.0. The Morgan fingerprint density at radius 2 is 1.81 bits per heavy atom. The third kappa shape index (κ3) is 5.48. The molecule has 0 spiro atoms. The fourth-order valence-corrected chi connectivity index (χ4v) is 3.56. The summed E-state index contributed by atoms with van der Waals surface area (Å²) in [7, 11) is 0. The molecule has 158 valence electrons. The number of tetrazole rings is 1. The number of benzene rings is 2. The summed E-state index contributed by atoms with van der Waals surface area (Å²) in [6.45, 7) is 3.34. The monoisotopic (exact) mass is 454 g/mol. The summed E-state index contributed by atoms with van der Waals surface area (Å²) in [6, 6.07) is 19.3. The normalized spacial score (nSPS) is 10.4. The van der Waals surface area contributed by atoms with Crippen molar-refractivity contribution in [3.05, 3.63) is 78.0 Å². The second kappa shape index (κ2) is 11.4. The van der Waals surface area contributed by atoms with Crippen molar-refractivity contribution < 1.29 is 62.7 Å². The molecular weight excluding hydrogens is 431 g/mol. The second-order valence-electron chi connectivity index (χ2n) is 7.08. The van der Waals surface area contributed by atoms with E-state index in [2.05, 4.69) is 44.7 Å². The number of hydrogen-bond acceptors (Lipinski definition) is 6. The quantitative estimate of drug-likeness (QED) is 0.385. The number of nitrogens with zero attached hydrogens (tertiary/aromatic N) is 5. The minimum absolute atomic E-state index is 0. The van der Waals surface area contributed by atoms with Gasteiger partial charge >= 0.3 is 57.4 Å². The van der Waals surface area contributed by atoms with Gasteiger partial charge in [0.05, 0.1) is 0 Å². The Morgan fingerprint density at radius 1 is 1.06 bits per heavy atom. The molecule has 0 unspecified atom stereocenters. The zero-order chi connectivity index (χ0) is 21.6. The molecule has 0 aliphatic carbocycles. The van der Waals surface area contributed by atoms with Crippen LogP contribution in [0.1, 0.15) is 30.7 Å². The van der Waals surface area contributed by atoms with E-state index in [1.54, 1.807) is 18.3 Å². The number of carboxylic acids is 1. The van der Waals surface area contributed by atoms with Gasteiger partial charge in [0.15, 0.2) is 0 Å². The summed E-state index contributed by atoms with van der Waals surface area (Å²) >= 11 is 0. The minimum Gasteiger partial charge on any atom is -1.00 e. The van der Waals surface area contributed by atoms with Crippen molar-refractivity contribution >= 4 is 11.8 Å². The van der Waals surface area contributed by atoms with Gasteiger partial charge in [-0.25, -0.2) is 9.78 Å². The first-order chi connectivity index (χ1) is 15.2. The molecule has 0 bridgehead atoms. The van der Waals surface area contributed by atoms with Crippen LogP contribution in [-0.4, -0.2) is 43.2 Å². The predicted octanol–water partition coefficient (Wildman–Crippen LogP) is 1.16. The average molecular weight is 455 g/mol. The van der Waals surface area contributed by atoms with Crippen molar-refractivity contribution in [2.45, 2.75) is 19.9 Å². The molecule has 32 heavy (non-hydrogen) atoms. The van der Waals surface area contributed by atoms with Crippen molar-refractivity contribution in [1.29, 1.82) is 0 Å². The number of H-pyrrole nitrogens is 1. The van der Waals surface area contributed by atoms with E-state index in [9.17, 15) is 9.90 Å². The molecule has 0 fully saturated rings. The van der Waals surface area contributed by atoms with Crippen molar-refractivity contribution in [2.75, 3.05) is 11.4 Å². The summed E-state index contributed by atoms with van der Waals surface area (Å²) in [6.07, 6.45) is 2.51. The van der Waals surface area contributed by atoms with Crippen LogP contribution in [0, 0.1) is 0 Å². The van der Waals surface area contributed by atoms with Gasteiger partial charge in [-0.05, 0) is 40.5 Å². The molecule has 0 saturated carbocycles. The number of pyridine rings is 1. The summed E-state index contributed by atoms with van der Waals surface area (Å²) in [5.41, 5.74) is 4.23. The number of carboxylic acid groups (broad SMARTS) is 1. The molecule has 2 aromatic heterocycles. The Hall–Kier alpha value is -2.43. The van der Waals surface area contributed by atoms with Crippen LogP contribution in [0.5, 0.6) is 0 Å². The van der Waals surface area contributed by atoms with Crippen LogP contribution in [0.4, 0.5) is 5.82 Å². The van der Waals surface area contributed by atoms with Crippen LogP contribution < -0.4 is 56.3 Å². The maximum Gasteiger partial charge on any atom is 1.00 e. The first-order valence-corrected chi connectivity index (χ1v) is 10.0. The third-order valence-electron chi connectivity index (χ3n) is 4.96. The molecule has 0 radical (unpaired) electrons. The number of nitrogens with one attached hydrogen (secondary N) is 1. The standard InChI is InChI=1S/C23H22N6O2.K.H/c1-2-14-29(22-20(23(30)31)8-5-13-24-22)15-16-9-11-17(12-10-16)18-6-3-4-7-19(18)21-25-27-28-26-21;;/h3-13H,2,14-15H2,1H3,(H,30,31)(H,25,26,27,28);;/q;+1;-1. The predicted molar refractivity (Wildman–Crippen MR) is 119 cm³/mol. The van der Waals surface area contributed by atoms with E-state index < -0.39 is 5.97 Å². The number of aromatic amines is 1. The first kappa shape index (κ1) is 24.2. The fraction of sp³-hybridized carbons (Fsp3) is 0.174. The van der Waals surface area contributed by atoms with Crippen LogP contribution in [0.2, 0.25) is 0 Å². The largest absolute Gasteiger partial charge is 1.00 e. The maximum absolute atomic E-state index is 11.6. The number of aromatic nitrogens is 5. The van der Waals surface area contributed by atoms with Gasteiger partial charge in [-0.1, -0.05) is 55.5 Å². The number of rotatable bonds is 8. The minimum atomic E-state index is -0.974. The van der Waals surface area contributed by atoms with Crippen LogP contribution in [0.25, 0.3) is 22.5 Å². The molecule has 0 aliphatic rings. The van der Waals surface area contributed by atoms with E-state index >= 15 is 0 Å². The number of anilines is 1. The average Bonchev–Trinajstić information content (AvgIpc) is 3.34. The summed E-state index contributed by atoms with van der Waals surface area (Å²) in [4.78, 5) is 18.0. The van der Waals surface area contributed by atoms with E-state index in [1.165, 1.54) is 0 Å². The van der Waals surface area contributed by atoms with Crippen LogP contribution in [0.15, 0.2) is 66.9 Å². The van der Waals surface area contributed by atoms with Gasteiger partial charge in [0.2, 0.25) is 5.82 Å². The Kier molecular flexibility index (Phi) is 8.65. The van der Waals surface area contributed by atoms with Crippen LogP contribution in [0.3, 0.4) is 0 Å². The molecule has 0 saturated heterocycles. The molecule has 4 aromatic rings. The summed E-state index contributed by atoms with van der Waals surface area (Å²) in [5.74, 6) is 0.0613. The van der Waals surface area contributed by atoms with E-state index in [-0.39, 0.29) is 58.4 Å². The smallest absolute Gasteiger partial charge is 1.00 e. The molecule has 0 atom stereocenters. The van der Waals surface area contributed by atoms with Gasteiger partial charge in [-0.3, -0.25) is 0 Å². The SMILES string of the molecule is CCCN(Cc1ccc(-c2ccccc2-c2nn[nH]n2)cc1)c1ncccc1C(=O)O.[H-].[K+]. The summed E-state index contributed by atoms with van der Waals surface area (Å²) < 4.78 is 0. The molecule has 4 rings (SSSR count). The van der Waals surface area contributed by atoms with Crippen LogP contribution >= 0.6 is 0 Å². The van der Waals surface area contributed by atoms with Gasteiger partial charge in [0, 0.05) is 24.8 Å². The van der Waals surface area contributed by atoms with E-state index in [0.717, 1.165) is 28.7 Å².